The number of hydrogen-bond donors (Lipinski definition) is 2. The van der Waals surface area contributed by atoms with Crippen molar-refractivity contribution in [2.45, 2.75) is 0 Å². The molecule has 0 aromatic heterocycles. The van der Waals surface area contributed by atoms with Crippen molar-refractivity contribution < 1.29 is 0 Å². The lowest BCUT2D eigenvalue weighted by atomic mass is 10.3. The molecule has 0 spiro atoms. The largest absolute Gasteiger partial charge is 0.390 e. The van der Waals surface area contributed by atoms with Crippen molar-refractivity contribution in [3.8, 4) is 0 Å². The van der Waals surface area contributed by atoms with Crippen LogP contribution in [0.25, 0.3) is 0 Å². The van der Waals surface area contributed by atoms with Crippen LogP contribution >= 0.6 is 11.6 Å². The highest BCUT2D eigenvalue weighted by molar-refractivity contribution is 6.30. The van der Waals surface area contributed by atoms with Crippen LogP contribution in [0.5, 0.6) is 0 Å². The van der Waals surface area contributed by atoms with Crippen LogP contribution in [0, 0.1) is 0 Å². The lowest BCUT2D eigenvalue weighted by Crippen LogP contribution is -2.09. The molecule has 0 aliphatic rings. The molecule has 0 saturated heterocycles. The summed E-state index contributed by atoms with van der Waals surface area (Å²) in [6.45, 7) is 0. The maximum absolute atomic E-state index is 5.73. The molecule has 0 fully saturated rings. The Morgan fingerprint density at radius 3 is 2.85 bits per heavy atom. The number of hydrogen-bond acceptors (Lipinski definition) is 1. The van der Waals surface area contributed by atoms with Crippen molar-refractivity contribution in [2.24, 2.45) is 21.5 Å². The fourth-order valence-corrected chi connectivity index (χ4v) is 0.968. The molecule has 1 aromatic carbocycles. The quantitative estimate of drug-likeness (QED) is 0.524. The van der Waals surface area contributed by atoms with Gasteiger partial charge in [-0.3, -0.25) is 0 Å². The van der Waals surface area contributed by atoms with Crippen molar-refractivity contribution in [2.75, 3.05) is 0 Å². The lowest BCUT2D eigenvalue weighted by Gasteiger charge is -1.94. The summed E-state index contributed by atoms with van der Waals surface area (Å²) in [5.41, 5.74) is 11.1. The van der Waals surface area contributed by atoms with Crippen LogP contribution < -0.4 is 11.5 Å². The highest BCUT2D eigenvalue weighted by Gasteiger charge is 1.91. The van der Waals surface area contributed by atoms with Gasteiger partial charge < -0.3 is 11.5 Å². The van der Waals surface area contributed by atoms with Crippen LogP contribution in [0.4, 0.5) is 5.69 Å². The van der Waals surface area contributed by atoms with Crippen LogP contribution in [0.1, 0.15) is 0 Å². The van der Waals surface area contributed by atoms with E-state index < -0.39 is 0 Å². The van der Waals surface area contributed by atoms with Crippen LogP contribution in [0.3, 0.4) is 0 Å². The van der Waals surface area contributed by atoms with Gasteiger partial charge in [0, 0.05) is 5.02 Å². The van der Waals surface area contributed by atoms with Gasteiger partial charge in [0.05, 0.1) is 12.0 Å². The molecule has 4 N–H and O–H groups in total. The van der Waals surface area contributed by atoms with Crippen LogP contribution in [0.15, 0.2) is 34.3 Å². The number of guanidine groups is 1. The van der Waals surface area contributed by atoms with Gasteiger partial charge in [-0.15, -0.1) is 0 Å². The molecule has 0 atom stereocenters. The van der Waals surface area contributed by atoms with Crippen molar-refractivity contribution in [1.29, 1.82) is 0 Å². The van der Waals surface area contributed by atoms with Gasteiger partial charge in [-0.25, -0.2) is 9.98 Å². The van der Waals surface area contributed by atoms with Gasteiger partial charge in [-0.05, 0) is 18.2 Å². The lowest BCUT2D eigenvalue weighted by molar-refractivity contribution is 1.42. The minimum Gasteiger partial charge on any atom is -0.390 e. The van der Waals surface area contributed by atoms with Gasteiger partial charge in [0.25, 0.3) is 0 Å². The summed E-state index contributed by atoms with van der Waals surface area (Å²) in [4.78, 5) is 7.53. The maximum Gasteiger partial charge on any atom is 0.221 e. The predicted octanol–water partition coefficient (Wildman–Crippen LogP) is 1.27. The topological polar surface area (TPSA) is 76.8 Å². The molecule has 13 heavy (non-hydrogen) atoms. The average molecular weight is 197 g/mol. The predicted molar refractivity (Wildman–Crippen MR) is 55.4 cm³/mol. The SMILES string of the molecule is N/C=N\C(N)=Nc1cccc(Cl)c1. The average Bonchev–Trinajstić information content (AvgIpc) is 2.04. The summed E-state index contributed by atoms with van der Waals surface area (Å²) >= 11 is 5.73. The first-order chi connectivity index (χ1) is 6.22. The molecule has 0 amide bonds. The Bertz CT molecular complexity index is 346. The Hall–Kier alpha value is -1.55. The summed E-state index contributed by atoms with van der Waals surface area (Å²) in [7, 11) is 0. The van der Waals surface area contributed by atoms with Crippen LogP contribution in [0.2, 0.25) is 5.02 Å². The molecule has 0 radical (unpaired) electrons. The van der Waals surface area contributed by atoms with E-state index in [4.69, 9.17) is 23.1 Å². The van der Waals surface area contributed by atoms with Gasteiger partial charge in [0.2, 0.25) is 5.96 Å². The minimum absolute atomic E-state index is 0.102. The van der Waals surface area contributed by atoms with Crippen molar-refractivity contribution in [3.05, 3.63) is 29.3 Å². The summed E-state index contributed by atoms with van der Waals surface area (Å²) in [6, 6.07) is 6.98. The van der Waals surface area contributed by atoms with Crippen LogP contribution in [-0.2, 0) is 0 Å². The second-order valence-electron chi connectivity index (χ2n) is 2.23. The summed E-state index contributed by atoms with van der Waals surface area (Å²) < 4.78 is 0. The van der Waals surface area contributed by atoms with Crippen molar-refractivity contribution in [1.82, 2.24) is 0 Å². The monoisotopic (exact) mass is 196 g/mol. The van der Waals surface area contributed by atoms with E-state index in [-0.39, 0.29) is 5.96 Å². The molecule has 0 aliphatic carbocycles. The number of nitrogens with zero attached hydrogens (tertiary/aromatic N) is 2. The van der Waals surface area contributed by atoms with E-state index in [1.54, 1.807) is 24.3 Å². The maximum atomic E-state index is 5.73. The fourth-order valence-electron chi connectivity index (χ4n) is 0.783. The fraction of sp³-hybridized carbons (Fsp3) is 0. The van der Waals surface area contributed by atoms with Gasteiger partial charge in [-0.2, -0.15) is 0 Å². The Morgan fingerprint density at radius 2 is 2.23 bits per heavy atom. The molecule has 0 aliphatic heterocycles. The Labute approximate surface area is 80.9 Å². The van der Waals surface area contributed by atoms with Gasteiger partial charge in [0.1, 0.15) is 0 Å². The normalized spacial score (nSPS) is 12.2. The molecule has 1 rings (SSSR count). The highest BCUT2D eigenvalue weighted by Crippen LogP contribution is 2.17. The third-order valence-electron chi connectivity index (χ3n) is 1.26. The second-order valence-corrected chi connectivity index (χ2v) is 2.66. The van der Waals surface area contributed by atoms with Gasteiger partial charge >= 0.3 is 0 Å². The Balaban J connectivity index is 2.90. The van der Waals surface area contributed by atoms with Crippen molar-refractivity contribution >= 4 is 29.6 Å². The second kappa shape index (κ2) is 4.47. The van der Waals surface area contributed by atoms with E-state index in [9.17, 15) is 0 Å². The van der Waals surface area contributed by atoms with E-state index in [0.717, 1.165) is 6.34 Å². The number of benzene rings is 1. The summed E-state index contributed by atoms with van der Waals surface area (Å²) in [6.07, 6.45) is 1.09. The third-order valence-corrected chi connectivity index (χ3v) is 1.49. The van der Waals surface area contributed by atoms with E-state index in [0.29, 0.717) is 10.7 Å². The smallest absolute Gasteiger partial charge is 0.221 e. The summed E-state index contributed by atoms with van der Waals surface area (Å²) in [5.74, 6) is 0.102. The minimum atomic E-state index is 0.102. The molecule has 0 bridgehead atoms. The molecule has 68 valence electrons. The zero-order valence-electron chi connectivity index (χ0n) is 6.81. The molecule has 0 saturated carbocycles. The molecular weight excluding hydrogens is 188 g/mol. The Morgan fingerprint density at radius 1 is 1.46 bits per heavy atom. The number of aliphatic imine (C=N–C) groups is 2. The first-order valence-corrected chi connectivity index (χ1v) is 3.94. The first kappa shape index (κ1) is 9.54. The number of rotatable bonds is 1. The molecule has 0 heterocycles. The van der Waals surface area contributed by atoms with Gasteiger partial charge in [-0.1, -0.05) is 17.7 Å². The standard InChI is InChI=1S/C8H9ClN4/c9-6-2-1-3-7(4-6)13-8(11)12-5-10/h1-5H,(H4,10,11,12,13). The van der Waals surface area contributed by atoms with Crippen LogP contribution in [-0.4, -0.2) is 12.3 Å². The summed E-state index contributed by atoms with van der Waals surface area (Å²) in [5, 5.41) is 0.603. The number of halogens is 1. The third kappa shape index (κ3) is 3.13. The van der Waals surface area contributed by atoms with Gasteiger partial charge in [0.15, 0.2) is 0 Å². The zero-order chi connectivity index (χ0) is 9.68. The molecule has 0 unspecified atom stereocenters. The molecule has 1 aromatic rings. The van der Waals surface area contributed by atoms with E-state index >= 15 is 0 Å². The van der Waals surface area contributed by atoms with Crippen molar-refractivity contribution in [3.63, 3.8) is 0 Å². The highest BCUT2D eigenvalue weighted by atomic mass is 35.5. The van der Waals surface area contributed by atoms with E-state index in [1.165, 1.54) is 0 Å². The zero-order valence-corrected chi connectivity index (χ0v) is 7.57. The first-order valence-electron chi connectivity index (χ1n) is 3.56. The van der Waals surface area contributed by atoms with E-state index in [1.807, 2.05) is 0 Å². The molecular formula is C8H9ClN4. The van der Waals surface area contributed by atoms with E-state index in [2.05, 4.69) is 9.98 Å². The molecule has 4 nitrogen and oxygen atoms in total. The molecule has 5 heteroatoms. The number of nitrogens with two attached hydrogens (primary N) is 2. The Kier molecular flexibility index (Phi) is 3.28.